The van der Waals surface area contributed by atoms with Gasteiger partial charge in [0, 0.05) is 18.8 Å². The molecule has 0 saturated carbocycles. The molecule has 0 heterocycles. The van der Waals surface area contributed by atoms with E-state index < -0.39 is 21.7 Å². The number of nitrogens with zero attached hydrogens (tertiary/aromatic N) is 1. The highest BCUT2D eigenvalue weighted by Crippen LogP contribution is 2.21. The zero-order chi connectivity index (χ0) is 20.7. The van der Waals surface area contributed by atoms with Crippen LogP contribution in [0.4, 0.5) is 10.1 Å². The minimum atomic E-state index is -3.77. The highest BCUT2D eigenvalue weighted by atomic mass is 32.2. The first-order valence-electron chi connectivity index (χ1n) is 9.53. The Morgan fingerprint density at radius 2 is 1.68 bits per heavy atom. The molecule has 0 atom stereocenters. The maximum atomic E-state index is 14.2. The molecule has 7 heteroatoms. The number of anilines is 1. The SMILES string of the molecule is CCCCc1ccc(NC(=O)c2cc(S(=O)(=O)N(CC)CC)ccc2F)cc1. The Kier molecular flexibility index (Phi) is 7.71. The number of carbonyl (C=O) groups excluding carboxylic acids is 1. The van der Waals surface area contributed by atoms with Crippen LogP contribution in [0.5, 0.6) is 0 Å². The van der Waals surface area contributed by atoms with E-state index in [1.54, 1.807) is 26.0 Å². The van der Waals surface area contributed by atoms with Crippen LogP contribution in [0.15, 0.2) is 47.4 Å². The number of unbranched alkanes of at least 4 members (excludes halogenated alkanes) is 1. The van der Waals surface area contributed by atoms with Crippen molar-refractivity contribution in [1.82, 2.24) is 4.31 Å². The Labute approximate surface area is 166 Å². The third kappa shape index (κ3) is 5.17. The van der Waals surface area contributed by atoms with Crippen LogP contribution < -0.4 is 5.32 Å². The van der Waals surface area contributed by atoms with Gasteiger partial charge in [-0.05, 0) is 48.7 Å². The van der Waals surface area contributed by atoms with Gasteiger partial charge in [-0.15, -0.1) is 0 Å². The third-order valence-corrected chi connectivity index (χ3v) is 6.60. The molecule has 0 unspecified atom stereocenters. The molecule has 5 nitrogen and oxygen atoms in total. The standard InChI is InChI=1S/C21H27FN2O3S/c1-4-7-8-16-9-11-17(12-10-16)23-21(25)19-15-18(13-14-20(19)22)28(26,27)24(5-2)6-3/h9-15H,4-8H2,1-3H3,(H,23,25). The molecule has 152 valence electrons. The normalized spacial score (nSPS) is 11.6. The highest BCUT2D eigenvalue weighted by molar-refractivity contribution is 7.89. The minimum Gasteiger partial charge on any atom is -0.322 e. The van der Waals surface area contributed by atoms with Gasteiger partial charge in [-0.1, -0.05) is 39.3 Å². The summed E-state index contributed by atoms with van der Waals surface area (Å²) in [6, 6.07) is 10.6. The van der Waals surface area contributed by atoms with Gasteiger partial charge in [-0.3, -0.25) is 4.79 Å². The Morgan fingerprint density at radius 3 is 2.25 bits per heavy atom. The number of rotatable bonds is 9. The van der Waals surface area contributed by atoms with E-state index in [-0.39, 0.29) is 10.5 Å². The first kappa shape index (κ1) is 22.0. The van der Waals surface area contributed by atoms with Crippen LogP contribution in [0, 0.1) is 5.82 Å². The lowest BCUT2D eigenvalue weighted by atomic mass is 10.1. The van der Waals surface area contributed by atoms with E-state index in [9.17, 15) is 17.6 Å². The summed E-state index contributed by atoms with van der Waals surface area (Å²) in [6.45, 7) is 6.16. The highest BCUT2D eigenvalue weighted by Gasteiger charge is 2.24. The molecule has 0 fully saturated rings. The molecular weight excluding hydrogens is 379 g/mol. The average molecular weight is 407 g/mol. The smallest absolute Gasteiger partial charge is 0.258 e. The maximum Gasteiger partial charge on any atom is 0.258 e. The molecule has 0 aliphatic heterocycles. The molecule has 28 heavy (non-hydrogen) atoms. The Balaban J connectivity index is 2.24. The molecule has 0 aliphatic carbocycles. The van der Waals surface area contributed by atoms with Gasteiger partial charge in [0.2, 0.25) is 10.0 Å². The van der Waals surface area contributed by atoms with Crippen LogP contribution in [-0.4, -0.2) is 31.7 Å². The molecule has 1 N–H and O–H groups in total. The minimum absolute atomic E-state index is 0.0994. The van der Waals surface area contributed by atoms with Crippen molar-refractivity contribution < 1.29 is 17.6 Å². The largest absolute Gasteiger partial charge is 0.322 e. The third-order valence-electron chi connectivity index (χ3n) is 4.56. The molecule has 2 aromatic carbocycles. The number of halogens is 1. The second-order valence-electron chi connectivity index (χ2n) is 6.49. The number of carbonyl (C=O) groups is 1. The van der Waals surface area contributed by atoms with E-state index >= 15 is 0 Å². The van der Waals surface area contributed by atoms with Gasteiger partial charge in [0.25, 0.3) is 5.91 Å². The van der Waals surface area contributed by atoms with Gasteiger partial charge in [-0.2, -0.15) is 4.31 Å². The van der Waals surface area contributed by atoms with Crippen molar-refractivity contribution in [3.8, 4) is 0 Å². The number of benzene rings is 2. The zero-order valence-corrected chi connectivity index (χ0v) is 17.4. The second-order valence-corrected chi connectivity index (χ2v) is 8.42. The van der Waals surface area contributed by atoms with Crippen molar-refractivity contribution in [2.75, 3.05) is 18.4 Å². The topological polar surface area (TPSA) is 66.5 Å². The fourth-order valence-electron chi connectivity index (χ4n) is 2.89. The molecule has 0 aliphatic rings. The Hall–Kier alpha value is -2.25. The number of sulfonamides is 1. The second kappa shape index (κ2) is 9.80. The first-order valence-corrected chi connectivity index (χ1v) is 11.0. The lowest BCUT2D eigenvalue weighted by Gasteiger charge is -2.19. The molecule has 0 aromatic heterocycles. The summed E-state index contributed by atoms with van der Waals surface area (Å²) >= 11 is 0. The predicted octanol–water partition coefficient (Wildman–Crippen LogP) is 4.45. The van der Waals surface area contributed by atoms with E-state index in [2.05, 4.69) is 12.2 Å². The Bertz CT molecular complexity index is 908. The van der Waals surface area contributed by atoms with Crippen molar-refractivity contribution in [3.05, 3.63) is 59.4 Å². The summed E-state index contributed by atoms with van der Waals surface area (Å²) in [5, 5.41) is 2.63. The summed E-state index contributed by atoms with van der Waals surface area (Å²) in [5.41, 5.74) is 1.39. The number of aryl methyl sites for hydroxylation is 1. The number of amides is 1. The molecule has 0 spiro atoms. The molecule has 1 amide bonds. The molecule has 2 rings (SSSR count). The fraction of sp³-hybridized carbons (Fsp3) is 0.381. The zero-order valence-electron chi connectivity index (χ0n) is 16.5. The average Bonchev–Trinajstić information content (AvgIpc) is 2.68. The van der Waals surface area contributed by atoms with E-state index in [1.807, 2.05) is 12.1 Å². The molecule has 0 bridgehead atoms. The van der Waals surface area contributed by atoms with E-state index in [0.717, 1.165) is 31.4 Å². The maximum absolute atomic E-state index is 14.2. The van der Waals surface area contributed by atoms with Crippen molar-refractivity contribution in [2.45, 2.75) is 44.9 Å². The molecular formula is C21H27FN2O3S. The predicted molar refractivity (Wildman–Crippen MR) is 110 cm³/mol. The number of hydrogen-bond acceptors (Lipinski definition) is 3. The van der Waals surface area contributed by atoms with Gasteiger partial charge in [0.05, 0.1) is 10.5 Å². The monoisotopic (exact) mass is 406 g/mol. The van der Waals surface area contributed by atoms with Crippen LogP contribution in [0.2, 0.25) is 0 Å². The van der Waals surface area contributed by atoms with Gasteiger partial charge < -0.3 is 5.32 Å². The van der Waals surface area contributed by atoms with Crippen molar-refractivity contribution in [3.63, 3.8) is 0 Å². The first-order chi connectivity index (χ1) is 13.3. The van der Waals surface area contributed by atoms with E-state index in [0.29, 0.717) is 18.8 Å². The van der Waals surface area contributed by atoms with Crippen LogP contribution in [0.3, 0.4) is 0 Å². The van der Waals surface area contributed by atoms with Gasteiger partial charge >= 0.3 is 0 Å². The molecule has 0 radical (unpaired) electrons. The van der Waals surface area contributed by atoms with Crippen LogP contribution in [0.1, 0.15) is 49.5 Å². The molecule has 2 aromatic rings. The number of nitrogens with one attached hydrogen (secondary N) is 1. The summed E-state index contributed by atoms with van der Waals surface area (Å²) in [7, 11) is -3.77. The van der Waals surface area contributed by atoms with Crippen molar-refractivity contribution >= 4 is 21.6 Å². The van der Waals surface area contributed by atoms with Crippen molar-refractivity contribution in [2.24, 2.45) is 0 Å². The summed E-state index contributed by atoms with van der Waals surface area (Å²) < 4.78 is 40.7. The number of hydrogen-bond donors (Lipinski definition) is 1. The van der Waals surface area contributed by atoms with Gasteiger partial charge in [-0.25, -0.2) is 12.8 Å². The Morgan fingerprint density at radius 1 is 1.04 bits per heavy atom. The van der Waals surface area contributed by atoms with Crippen molar-refractivity contribution in [1.29, 1.82) is 0 Å². The van der Waals surface area contributed by atoms with Crippen LogP contribution in [0.25, 0.3) is 0 Å². The fourth-order valence-corrected chi connectivity index (χ4v) is 4.37. The van der Waals surface area contributed by atoms with E-state index in [1.165, 1.54) is 15.9 Å². The quantitative estimate of drug-likeness (QED) is 0.669. The summed E-state index contributed by atoms with van der Waals surface area (Å²) in [4.78, 5) is 12.4. The van der Waals surface area contributed by atoms with Crippen LogP contribution >= 0.6 is 0 Å². The van der Waals surface area contributed by atoms with Gasteiger partial charge in [0.15, 0.2) is 0 Å². The van der Waals surface area contributed by atoms with Gasteiger partial charge in [0.1, 0.15) is 5.82 Å². The summed E-state index contributed by atoms with van der Waals surface area (Å²) in [6.07, 6.45) is 3.15. The van der Waals surface area contributed by atoms with E-state index in [4.69, 9.17) is 0 Å². The summed E-state index contributed by atoms with van der Waals surface area (Å²) in [5.74, 6) is -1.45. The lowest BCUT2D eigenvalue weighted by molar-refractivity contribution is 0.102. The van der Waals surface area contributed by atoms with Crippen LogP contribution in [-0.2, 0) is 16.4 Å². The molecule has 0 saturated heterocycles. The lowest BCUT2D eigenvalue weighted by Crippen LogP contribution is -2.31.